The Kier molecular flexibility index (Phi) is 5.77. The molecule has 1 amide bonds. The molecule has 1 aromatic carbocycles. The number of ether oxygens (including phenoxy) is 1. The van der Waals surface area contributed by atoms with Crippen LogP contribution >= 0.6 is 0 Å². The van der Waals surface area contributed by atoms with Gasteiger partial charge in [-0.3, -0.25) is 14.5 Å². The number of hydrogen-bond donors (Lipinski definition) is 1. The second-order valence-corrected chi connectivity index (χ2v) is 6.90. The number of esters is 1. The number of carbonyl (C=O) groups excluding carboxylic acids is 2. The molecule has 1 aromatic rings. The molecule has 1 aliphatic heterocycles. The van der Waals surface area contributed by atoms with E-state index in [4.69, 9.17) is 4.74 Å². The lowest BCUT2D eigenvalue weighted by atomic mass is 9.98. The second-order valence-electron chi connectivity index (χ2n) is 6.90. The number of nitrogens with zero attached hydrogens (tertiary/aromatic N) is 1. The zero-order valence-corrected chi connectivity index (χ0v) is 14.2. The van der Waals surface area contributed by atoms with E-state index in [-0.39, 0.29) is 5.91 Å². The Morgan fingerprint density at radius 1 is 1.17 bits per heavy atom. The van der Waals surface area contributed by atoms with Crippen LogP contribution in [-0.2, 0) is 14.3 Å². The van der Waals surface area contributed by atoms with E-state index in [0.29, 0.717) is 12.2 Å². The number of nitrogens with one attached hydrogen (secondary N) is 1. The van der Waals surface area contributed by atoms with E-state index in [1.807, 2.05) is 18.2 Å². The van der Waals surface area contributed by atoms with Gasteiger partial charge in [0.05, 0.1) is 6.67 Å². The van der Waals surface area contributed by atoms with E-state index < -0.39 is 17.5 Å². The molecule has 5 nitrogen and oxygen atoms in total. The minimum atomic E-state index is -0.932. The van der Waals surface area contributed by atoms with Gasteiger partial charge in [-0.05, 0) is 52.3 Å². The molecule has 1 fully saturated rings. The van der Waals surface area contributed by atoms with Gasteiger partial charge in [0.25, 0.3) is 0 Å². The van der Waals surface area contributed by atoms with Gasteiger partial charge in [0.1, 0.15) is 5.60 Å². The van der Waals surface area contributed by atoms with Crippen molar-refractivity contribution in [2.45, 2.75) is 45.1 Å². The molecule has 5 heteroatoms. The summed E-state index contributed by atoms with van der Waals surface area (Å²) in [5, 5.41) is 2.88. The molecule has 2 rings (SSSR count). The van der Waals surface area contributed by atoms with Crippen LogP contribution in [0.5, 0.6) is 0 Å². The summed E-state index contributed by atoms with van der Waals surface area (Å²) in [4.78, 5) is 27.3. The summed E-state index contributed by atoms with van der Waals surface area (Å²) >= 11 is 0. The third kappa shape index (κ3) is 5.36. The largest absolute Gasteiger partial charge is 0.459 e. The molecule has 0 spiro atoms. The maximum atomic E-state index is 12.6. The summed E-state index contributed by atoms with van der Waals surface area (Å²) in [5.41, 5.74) is 0.0278. The van der Waals surface area contributed by atoms with E-state index in [1.54, 1.807) is 32.9 Å². The first kappa shape index (κ1) is 17.5. The first-order chi connectivity index (χ1) is 10.9. The molecule has 1 saturated heterocycles. The molecule has 126 valence electrons. The van der Waals surface area contributed by atoms with Crippen LogP contribution in [0.25, 0.3) is 0 Å². The van der Waals surface area contributed by atoms with Gasteiger partial charge in [-0.15, -0.1) is 0 Å². The van der Waals surface area contributed by atoms with E-state index in [2.05, 4.69) is 10.2 Å². The average Bonchev–Trinajstić information content (AvgIpc) is 2.98. The number of rotatable bonds is 5. The molecule has 0 aliphatic carbocycles. The SMILES string of the molecule is CC(C)(C)OC(=O)C(C(=O)NCN1CCCC1)c1ccccc1. The molecular weight excluding hydrogens is 292 g/mol. The van der Waals surface area contributed by atoms with Crippen LogP contribution in [0, 0.1) is 0 Å². The molecule has 0 radical (unpaired) electrons. The van der Waals surface area contributed by atoms with Crippen LogP contribution in [0.1, 0.15) is 45.1 Å². The Labute approximate surface area is 138 Å². The Hall–Kier alpha value is -1.88. The molecule has 1 heterocycles. The molecule has 0 saturated carbocycles. The van der Waals surface area contributed by atoms with Gasteiger partial charge in [-0.1, -0.05) is 30.3 Å². The Morgan fingerprint density at radius 3 is 2.35 bits per heavy atom. The van der Waals surface area contributed by atoms with Gasteiger partial charge in [0, 0.05) is 0 Å². The van der Waals surface area contributed by atoms with Crippen LogP contribution in [0.3, 0.4) is 0 Å². The Balaban J connectivity index is 2.09. The first-order valence-electron chi connectivity index (χ1n) is 8.15. The van der Waals surface area contributed by atoms with E-state index >= 15 is 0 Å². The maximum absolute atomic E-state index is 12.6. The maximum Gasteiger partial charge on any atom is 0.323 e. The molecule has 1 atom stereocenters. The van der Waals surface area contributed by atoms with Crippen molar-refractivity contribution < 1.29 is 14.3 Å². The van der Waals surface area contributed by atoms with Crippen molar-refractivity contribution in [3.8, 4) is 0 Å². The number of carbonyl (C=O) groups is 2. The highest BCUT2D eigenvalue weighted by atomic mass is 16.6. The van der Waals surface area contributed by atoms with Crippen molar-refractivity contribution in [2.24, 2.45) is 0 Å². The van der Waals surface area contributed by atoms with Crippen LogP contribution in [0.15, 0.2) is 30.3 Å². The van der Waals surface area contributed by atoms with Crippen LogP contribution in [0.4, 0.5) is 0 Å². The molecule has 1 N–H and O–H groups in total. The van der Waals surface area contributed by atoms with Crippen molar-refractivity contribution in [3.63, 3.8) is 0 Å². The van der Waals surface area contributed by atoms with Crippen molar-refractivity contribution in [1.29, 1.82) is 0 Å². The zero-order valence-electron chi connectivity index (χ0n) is 14.2. The predicted molar refractivity (Wildman–Crippen MR) is 88.8 cm³/mol. The highest BCUT2D eigenvalue weighted by Crippen LogP contribution is 2.21. The van der Waals surface area contributed by atoms with Gasteiger partial charge in [0.2, 0.25) is 5.91 Å². The number of benzene rings is 1. The smallest absolute Gasteiger partial charge is 0.323 e. The predicted octanol–water partition coefficient (Wildman–Crippen LogP) is 2.28. The topological polar surface area (TPSA) is 58.6 Å². The fourth-order valence-corrected chi connectivity index (χ4v) is 2.63. The summed E-state index contributed by atoms with van der Waals surface area (Å²) in [6.07, 6.45) is 2.31. The molecule has 0 bridgehead atoms. The van der Waals surface area contributed by atoms with E-state index in [9.17, 15) is 9.59 Å². The highest BCUT2D eigenvalue weighted by molar-refractivity contribution is 6.03. The summed E-state index contributed by atoms with van der Waals surface area (Å²) < 4.78 is 5.43. The van der Waals surface area contributed by atoms with Gasteiger partial charge < -0.3 is 10.1 Å². The van der Waals surface area contributed by atoms with Gasteiger partial charge >= 0.3 is 5.97 Å². The highest BCUT2D eigenvalue weighted by Gasteiger charge is 2.32. The molecular formula is C18H26N2O3. The standard InChI is InChI=1S/C18H26N2O3/c1-18(2,3)23-17(22)15(14-9-5-4-6-10-14)16(21)19-13-20-11-7-8-12-20/h4-6,9-10,15H,7-8,11-13H2,1-3H3,(H,19,21). The normalized spacial score (nSPS) is 16.8. The summed E-state index contributed by atoms with van der Waals surface area (Å²) in [5.74, 6) is -1.75. The van der Waals surface area contributed by atoms with Crippen molar-refractivity contribution in [3.05, 3.63) is 35.9 Å². The lowest BCUT2D eigenvalue weighted by molar-refractivity contribution is -0.158. The van der Waals surface area contributed by atoms with Crippen molar-refractivity contribution in [1.82, 2.24) is 10.2 Å². The fourth-order valence-electron chi connectivity index (χ4n) is 2.63. The number of hydrogen-bond acceptors (Lipinski definition) is 4. The zero-order chi connectivity index (χ0) is 16.9. The monoisotopic (exact) mass is 318 g/mol. The second kappa shape index (κ2) is 7.59. The summed E-state index contributed by atoms with van der Waals surface area (Å²) in [7, 11) is 0. The first-order valence-corrected chi connectivity index (χ1v) is 8.15. The Bertz CT molecular complexity index is 531. The Morgan fingerprint density at radius 2 is 1.78 bits per heavy atom. The van der Waals surface area contributed by atoms with Gasteiger partial charge in [0.15, 0.2) is 5.92 Å². The van der Waals surface area contributed by atoms with E-state index in [0.717, 1.165) is 25.9 Å². The molecule has 1 unspecified atom stereocenters. The summed E-state index contributed by atoms with van der Waals surface area (Å²) in [6.45, 7) is 7.86. The minimum Gasteiger partial charge on any atom is -0.459 e. The van der Waals surface area contributed by atoms with E-state index in [1.165, 1.54) is 0 Å². The van der Waals surface area contributed by atoms with Crippen LogP contribution in [0.2, 0.25) is 0 Å². The van der Waals surface area contributed by atoms with Gasteiger partial charge in [-0.25, -0.2) is 0 Å². The molecule has 23 heavy (non-hydrogen) atoms. The van der Waals surface area contributed by atoms with Crippen LogP contribution in [-0.4, -0.2) is 42.1 Å². The fraction of sp³-hybridized carbons (Fsp3) is 0.556. The number of likely N-dealkylation sites (tertiary alicyclic amines) is 1. The van der Waals surface area contributed by atoms with Gasteiger partial charge in [-0.2, -0.15) is 0 Å². The third-order valence-corrected chi connectivity index (χ3v) is 3.71. The lowest BCUT2D eigenvalue weighted by Gasteiger charge is -2.24. The van der Waals surface area contributed by atoms with Crippen molar-refractivity contribution >= 4 is 11.9 Å². The summed E-state index contributed by atoms with van der Waals surface area (Å²) in [6, 6.07) is 9.06. The minimum absolute atomic E-state index is 0.308. The molecule has 1 aliphatic rings. The van der Waals surface area contributed by atoms with Crippen molar-refractivity contribution in [2.75, 3.05) is 19.8 Å². The molecule has 0 aromatic heterocycles. The quantitative estimate of drug-likeness (QED) is 0.668. The third-order valence-electron chi connectivity index (χ3n) is 3.71. The average molecular weight is 318 g/mol. The van der Waals surface area contributed by atoms with Crippen LogP contribution < -0.4 is 5.32 Å². The number of amides is 1. The lowest BCUT2D eigenvalue weighted by Crippen LogP contribution is -2.42.